The summed E-state index contributed by atoms with van der Waals surface area (Å²) in [5.74, 6) is -1.13. The molecule has 0 amide bonds. The summed E-state index contributed by atoms with van der Waals surface area (Å²) in [7, 11) is 1.84. The minimum Gasteiger partial charge on any atom is -0.477 e. The molecule has 19 heavy (non-hydrogen) atoms. The van der Waals surface area contributed by atoms with E-state index in [-0.39, 0.29) is 5.69 Å². The second-order valence-corrected chi connectivity index (χ2v) is 3.84. The van der Waals surface area contributed by atoms with Gasteiger partial charge in [-0.25, -0.2) is 14.8 Å². The second-order valence-electron chi connectivity index (χ2n) is 3.84. The summed E-state index contributed by atoms with van der Waals surface area (Å²) < 4.78 is 1.78. The van der Waals surface area contributed by atoms with Gasteiger partial charge in [0.05, 0.1) is 23.3 Å². The highest BCUT2D eigenvalue weighted by Crippen LogP contribution is 2.11. The SMILES string of the molecule is Cn1cnc(/C=C/c2nc(C(=O)O)ccc2C#N)c1. The average molecular weight is 254 g/mol. The van der Waals surface area contributed by atoms with Crippen LogP contribution in [0.15, 0.2) is 24.7 Å². The Kier molecular flexibility index (Phi) is 3.39. The van der Waals surface area contributed by atoms with Gasteiger partial charge in [0, 0.05) is 13.2 Å². The molecule has 94 valence electrons. The van der Waals surface area contributed by atoms with Crippen molar-refractivity contribution in [3.05, 3.63) is 47.3 Å². The molecule has 0 fully saturated rings. The zero-order chi connectivity index (χ0) is 13.8. The molecule has 0 aliphatic heterocycles. The van der Waals surface area contributed by atoms with E-state index in [0.717, 1.165) is 0 Å². The largest absolute Gasteiger partial charge is 0.477 e. The summed E-state index contributed by atoms with van der Waals surface area (Å²) in [6.07, 6.45) is 6.69. The third-order valence-electron chi connectivity index (χ3n) is 2.40. The number of imidazole rings is 1. The topological polar surface area (TPSA) is 91.8 Å². The molecule has 0 saturated heterocycles. The summed E-state index contributed by atoms with van der Waals surface area (Å²) in [5, 5.41) is 17.8. The van der Waals surface area contributed by atoms with Crippen LogP contribution in [0.5, 0.6) is 0 Å². The first-order valence-corrected chi connectivity index (χ1v) is 5.40. The molecule has 2 heterocycles. The van der Waals surface area contributed by atoms with Gasteiger partial charge < -0.3 is 9.67 Å². The van der Waals surface area contributed by atoms with Gasteiger partial charge in [0.2, 0.25) is 0 Å². The Labute approximate surface area is 109 Å². The van der Waals surface area contributed by atoms with Gasteiger partial charge in [0.1, 0.15) is 11.8 Å². The molecule has 1 N–H and O–H groups in total. The van der Waals surface area contributed by atoms with E-state index in [1.54, 1.807) is 29.2 Å². The fraction of sp³-hybridized carbons (Fsp3) is 0.0769. The third kappa shape index (κ3) is 2.84. The number of aromatic carboxylic acids is 1. The maximum Gasteiger partial charge on any atom is 0.354 e. The number of aryl methyl sites for hydroxylation is 1. The minimum atomic E-state index is -1.13. The third-order valence-corrected chi connectivity index (χ3v) is 2.40. The molecular weight excluding hydrogens is 244 g/mol. The summed E-state index contributed by atoms with van der Waals surface area (Å²) in [6.45, 7) is 0. The van der Waals surface area contributed by atoms with Crippen molar-refractivity contribution in [1.82, 2.24) is 14.5 Å². The van der Waals surface area contributed by atoms with Crippen LogP contribution in [0.25, 0.3) is 12.2 Å². The Morgan fingerprint density at radius 2 is 2.26 bits per heavy atom. The van der Waals surface area contributed by atoms with Crippen molar-refractivity contribution in [1.29, 1.82) is 5.26 Å². The lowest BCUT2D eigenvalue weighted by Crippen LogP contribution is -2.02. The van der Waals surface area contributed by atoms with E-state index in [0.29, 0.717) is 17.0 Å². The molecule has 2 rings (SSSR count). The number of hydrogen-bond acceptors (Lipinski definition) is 4. The molecule has 0 spiro atoms. The number of rotatable bonds is 3. The van der Waals surface area contributed by atoms with Crippen LogP contribution in [0.1, 0.15) is 27.4 Å². The van der Waals surface area contributed by atoms with E-state index in [2.05, 4.69) is 9.97 Å². The van der Waals surface area contributed by atoms with E-state index in [1.165, 1.54) is 12.1 Å². The van der Waals surface area contributed by atoms with E-state index in [4.69, 9.17) is 10.4 Å². The average Bonchev–Trinajstić information content (AvgIpc) is 2.81. The van der Waals surface area contributed by atoms with E-state index < -0.39 is 5.97 Å². The van der Waals surface area contributed by atoms with Crippen LogP contribution in [-0.2, 0) is 7.05 Å². The van der Waals surface area contributed by atoms with Crippen LogP contribution in [0.2, 0.25) is 0 Å². The van der Waals surface area contributed by atoms with Gasteiger partial charge in [-0.2, -0.15) is 5.26 Å². The predicted molar refractivity (Wildman–Crippen MR) is 68.0 cm³/mol. The highest BCUT2D eigenvalue weighted by atomic mass is 16.4. The normalized spacial score (nSPS) is 10.5. The van der Waals surface area contributed by atoms with Crippen molar-refractivity contribution < 1.29 is 9.90 Å². The lowest BCUT2D eigenvalue weighted by Gasteiger charge is -1.99. The first-order chi connectivity index (χ1) is 9.10. The zero-order valence-corrected chi connectivity index (χ0v) is 10.1. The number of nitriles is 1. The highest BCUT2D eigenvalue weighted by Gasteiger charge is 2.08. The number of carbonyl (C=O) groups is 1. The van der Waals surface area contributed by atoms with Gasteiger partial charge in [-0.1, -0.05) is 0 Å². The molecule has 0 aliphatic rings. The number of aromatic nitrogens is 3. The molecule has 2 aromatic rings. The molecule has 6 heteroatoms. The number of carboxylic acid groups (broad SMARTS) is 1. The quantitative estimate of drug-likeness (QED) is 0.897. The molecule has 6 nitrogen and oxygen atoms in total. The van der Waals surface area contributed by atoms with Crippen molar-refractivity contribution in [2.45, 2.75) is 0 Å². The van der Waals surface area contributed by atoms with Gasteiger partial charge in [-0.05, 0) is 24.3 Å². The highest BCUT2D eigenvalue weighted by molar-refractivity contribution is 5.86. The Morgan fingerprint density at radius 3 is 2.84 bits per heavy atom. The summed E-state index contributed by atoms with van der Waals surface area (Å²) in [4.78, 5) is 18.9. The standard InChI is InChI=1S/C13H10N4O2/c1-17-7-10(15-8-17)3-5-11-9(6-14)2-4-12(16-11)13(18)19/h2-5,7-8H,1H3,(H,18,19)/b5-3+. The first kappa shape index (κ1) is 12.5. The van der Waals surface area contributed by atoms with Crippen molar-refractivity contribution in [2.24, 2.45) is 7.05 Å². The molecule has 0 saturated carbocycles. The minimum absolute atomic E-state index is 0.0975. The number of carboxylic acids is 1. The van der Waals surface area contributed by atoms with E-state index in [9.17, 15) is 4.79 Å². The van der Waals surface area contributed by atoms with Crippen molar-refractivity contribution in [3.8, 4) is 6.07 Å². The van der Waals surface area contributed by atoms with Crippen molar-refractivity contribution in [3.63, 3.8) is 0 Å². The Hall–Kier alpha value is -2.94. The smallest absolute Gasteiger partial charge is 0.354 e. The maximum atomic E-state index is 10.8. The van der Waals surface area contributed by atoms with Crippen LogP contribution in [-0.4, -0.2) is 25.6 Å². The van der Waals surface area contributed by atoms with Gasteiger partial charge in [0.15, 0.2) is 0 Å². The molecule has 0 radical (unpaired) electrons. The van der Waals surface area contributed by atoms with Gasteiger partial charge in [0.25, 0.3) is 0 Å². The summed E-state index contributed by atoms with van der Waals surface area (Å²) in [6, 6.07) is 4.71. The number of pyridine rings is 1. The molecule has 0 unspecified atom stereocenters. The molecule has 0 aromatic carbocycles. The fourth-order valence-electron chi connectivity index (χ4n) is 1.50. The predicted octanol–water partition coefficient (Wildman–Crippen LogP) is 1.56. The van der Waals surface area contributed by atoms with Crippen molar-refractivity contribution >= 4 is 18.1 Å². The Morgan fingerprint density at radius 1 is 1.47 bits per heavy atom. The van der Waals surface area contributed by atoms with Gasteiger partial charge >= 0.3 is 5.97 Å². The zero-order valence-electron chi connectivity index (χ0n) is 10.1. The van der Waals surface area contributed by atoms with E-state index in [1.807, 2.05) is 13.1 Å². The fourth-order valence-corrected chi connectivity index (χ4v) is 1.50. The van der Waals surface area contributed by atoms with Crippen LogP contribution in [0.4, 0.5) is 0 Å². The second kappa shape index (κ2) is 5.14. The number of nitrogens with zero attached hydrogens (tertiary/aromatic N) is 4. The van der Waals surface area contributed by atoms with Crippen LogP contribution < -0.4 is 0 Å². The Bertz CT molecular complexity index is 695. The lowest BCUT2D eigenvalue weighted by atomic mass is 10.1. The molecule has 0 aliphatic carbocycles. The van der Waals surface area contributed by atoms with Crippen molar-refractivity contribution in [2.75, 3.05) is 0 Å². The molecular formula is C13H10N4O2. The Balaban J connectivity index is 2.38. The monoisotopic (exact) mass is 254 g/mol. The molecule has 2 aromatic heterocycles. The maximum absolute atomic E-state index is 10.8. The first-order valence-electron chi connectivity index (χ1n) is 5.40. The molecule has 0 atom stereocenters. The molecule has 0 bridgehead atoms. The van der Waals surface area contributed by atoms with Crippen LogP contribution >= 0.6 is 0 Å². The summed E-state index contributed by atoms with van der Waals surface area (Å²) in [5.41, 5.74) is 1.24. The lowest BCUT2D eigenvalue weighted by molar-refractivity contribution is 0.0690. The van der Waals surface area contributed by atoms with Gasteiger partial charge in [-0.3, -0.25) is 0 Å². The number of hydrogen-bond donors (Lipinski definition) is 1. The van der Waals surface area contributed by atoms with E-state index >= 15 is 0 Å². The van der Waals surface area contributed by atoms with Gasteiger partial charge in [-0.15, -0.1) is 0 Å². The van der Waals surface area contributed by atoms with Crippen LogP contribution in [0, 0.1) is 11.3 Å². The van der Waals surface area contributed by atoms with Crippen LogP contribution in [0.3, 0.4) is 0 Å². The summed E-state index contributed by atoms with van der Waals surface area (Å²) >= 11 is 0.